The number of carbonyl (C=O) groups excluding carboxylic acids is 1. The maximum absolute atomic E-state index is 12.3. The average molecular weight is 392 g/mol. The first-order chi connectivity index (χ1) is 12.3. The summed E-state index contributed by atoms with van der Waals surface area (Å²) in [4.78, 5) is 35.4. The third kappa shape index (κ3) is 4.02. The SMILES string of the molecule is Cc1ccc(CN(C)C(=O)CSCc2nc3sc(C)c(C)c3c(=O)[nH]2)o1. The number of fused-ring (bicyclic) bond motifs is 1. The zero-order valence-corrected chi connectivity index (χ0v) is 16.8. The van der Waals surface area contributed by atoms with Gasteiger partial charge >= 0.3 is 0 Å². The zero-order valence-electron chi connectivity index (χ0n) is 15.2. The first-order valence-corrected chi connectivity index (χ1v) is 10.2. The number of aromatic amines is 1. The Balaban J connectivity index is 1.58. The van der Waals surface area contributed by atoms with Crippen LogP contribution in [0, 0.1) is 20.8 Å². The number of amides is 1. The summed E-state index contributed by atoms with van der Waals surface area (Å²) in [5.74, 6) is 3.02. The molecule has 26 heavy (non-hydrogen) atoms. The maximum atomic E-state index is 12.3. The van der Waals surface area contributed by atoms with Crippen LogP contribution in [0.2, 0.25) is 0 Å². The van der Waals surface area contributed by atoms with Crippen molar-refractivity contribution in [1.82, 2.24) is 14.9 Å². The van der Waals surface area contributed by atoms with Gasteiger partial charge in [0, 0.05) is 11.9 Å². The number of nitrogens with one attached hydrogen (secondary N) is 1. The second-order valence-corrected chi connectivity index (χ2v) is 8.42. The van der Waals surface area contributed by atoms with Crippen molar-refractivity contribution in [2.75, 3.05) is 12.8 Å². The Morgan fingerprint density at radius 3 is 2.81 bits per heavy atom. The fourth-order valence-electron chi connectivity index (χ4n) is 2.60. The van der Waals surface area contributed by atoms with Crippen molar-refractivity contribution in [2.45, 2.75) is 33.1 Å². The van der Waals surface area contributed by atoms with Crippen LogP contribution in [0.4, 0.5) is 0 Å². The summed E-state index contributed by atoms with van der Waals surface area (Å²) < 4.78 is 5.49. The highest BCUT2D eigenvalue weighted by Gasteiger charge is 2.14. The van der Waals surface area contributed by atoms with Crippen molar-refractivity contribution >= 4 is 39.2 Å². The number of rotatable bonds is 6. The second-order valence-electron chi connectivity index (χ2n) is 6.23. The molecule has 0 atom stereocenters. The topological polar surface area (TPSA) is 79.2 Å². The number of thioether (sulfide) groups is 1. The summed E-state index contributed by atoms with van der Waals surface area (Å²) in [7, 11) is 1.75. The molecule has 3 heterocycles. The van der Waals surface area contributed by atoms with Crippen molar-refractivity contribution in [1.29, 1.82) is 0 Å². The van der Waals surface area contributed by atoms with Crippen molar-refractivity contribution in [3.05, 3.63) is 50.3 Å². The largest absolute Gasteiger partial charge is 0.464 e. The lowest BCUT2D eigenvalue weighted by atomic mass is 10.2. The van der Waals surface area contributed by atoms with E-state index in [9.17, 15) is 9.59 Å². The van der Waals surface area contributed by atoms with Crippen LogP contribution in [0.5, 0.6) is 0 Å². The Bertz CT molecular complexity index is 1000. The minimum absolute atomic E-state index is 0.00953. The number of carbonyl (C=O) groups is 1. The highest BCUT2D eigenvalue weighted by atomic mass is 32.2. The predicted molar refractivity (Wildman–Crippen MR) is 106 cm³/mol. The first kappa shape index (κ1) is 18.7. The number of hydrogen-bond acceptors (Lipinski definition) is 6. The van der Waals surface area contributed by atoms with E-state index in [-0.39, 0.29) is 11.5 Å². The van der Waals surface area contributed by atoms with Gasteiger partial charge in [0.25, 0.3) is 5.56 Å². The van der Waals surface area contributed by atoms with Crippen LogP contribution in [0.3, 0.4) is 0 Å². The Hall–Kier alpha value is -2.06. The Morgan fingerprint density at radius 2 is 2.12 bits per heavy atom. The molecule has 0 fully saturated rings. The lowest BCUT2D eigenvalue weighted by molar-refractivity contribution is -0.127. The number of aromatic nitrogens is 2. The number of hydrogen-bond donors (Lipinski definition) is 1. The maximum Gasteiger partial charge on any atom is 0.259 e. The van der Waals surface area contributed by atoms with Gasteiger partial charge in [0.15, 0.2) is 0 Å². The van der Waals surface area contributed by atoms with Gasteiger partial charge in [-0.2, -0.15) is 0 Å². The molecule has 0 aliphatic rings. The number of aryl methyl sites for hydroxylation is 3. The van der Waals surface area contributed by atoms with E-state index in [1.165, 1.54) is 23.1 Å². The van der Waals surface area contributed by atoms with Crippen LogP contribution >= 0.6 is 23.1 Å². The predicted octanol–water partition coefficient (Wildman–Crippen LogP) is 3.39. The molecule has 8 heteroatoms. The van der Waals surface area contributed by atoms with E-state index in [4.69, 9.17) is 4.42 Å². The van der Waals surface area contributed by atoms with Gasteiger partial charge in [-0.15, -0.1) is 23.1 Å². The standard InChI is InChI=1S/C18H21N3O3S2/c1-10-5-6-13(24-10)7-21(4)15(22)9-25-8-14-19-17(23)16-11(2)12(3)26-18(16)20-14/h5-6H,7-9H2,1-4H3,(H,19,20,23). The third-order valence-electron chi connectivity index (χ3n) is 4.17. The van der Waals surface area contributed by atoms with Crippen molar-refractivity contribution in [2.24, 2.45) is 0 Å². The Kier molecular flexibility index (Phi) is 5.52. The van der Waals surface area contributed by atoms with Gasteiger partial charge in [0.1, 0.15) is 22.2 Å². The lowest BCUT2D eigenvalue weighted by Crippen LogP contribution is -2.27. The molecule has 0 aliphatic heterocycles. The molecule has 3 rings (SSSR count). The van der Waals surface area contributed by atoms with E-state index in [1.54, 1.807) is 11.9 Å². The van der Waals surface area contributed by atoms with E-state index in [1.807, 2.05) is 32.9 Å². The molecule has 0 radical (unpaired) electrons. The monoisotopic (exact) mass is 391 g/mol. The van der Waals surface area contributed by atoms with Gasteiger partial charge < -0.3 is 14.3 Å². The van der Waals surface area contributed by atoms with Crippen LogP contribution < -0.4 is 5.56 Å². The minimum atomic E-state index is -0.107. The van der Waals surface area contributed by atoms with Gasteiger partial charge in [-0.3, -0.25) is 9.59 Å². The molecule has 0 unspecified atom stereocenters. The zero-order chi connectivity index (χ0) is 18.8. The molecule has 0 spiro atoms. The molecule has 3 aromatic heterocycles. The molecule has 0 saturated heterocycles. The summed E-state index contributed by atoms with van der Waals surface area (Å²) in [6.45, 7) is 6.25. The molecule has 138 valence electrons. The van der Waals surface area contributed by atoms with Crippen molar-refractivity contribution in [3.63, 3.8) is 0 Å². The fourth-order valence-corrected chi connectivity index (χ4v) is 4.48. The number of H-pyrrole nitrogens is 1. The lowest BCUT2D eigenvalue weighted by Gasteiger charge is -2.15. The van der Waals surface area contributed by atoms with E-state index >= 15 is 0 Å². The number of nitrogens with zero attached hydrogens (tertiary/aromatic N) is 2. The third-order valence-corrected chi connectivity index (χ3v) is 6.20. The summed E-state index contributed by atoms with van der Waals surface area (Å²) in [6.07, 6.45) is 0. The van der Waals surface area contributed by atoms with E-state index in [0.717, 1.165) is 26.8 Å². The van der Waals surface area contributed by atoms with Gasteiger partial charge in [-0.1, -0.05) is 0 Å². The molecule has 0 saturated carbocycles. The highest BCUT2D eigenvalue weighted by molar-refractivity contribution is 7.99. The van der Waals surface area contributed by atoms with Crippen LogP contribution in [-0.2, 0) is 17.1 Å². The van der Waals surface area contributed by atoms with E-state index < -0.39 is 0 Å². The molecule has 0 bridgehead atoms. The molecule has 1 N–H and O–H groups in total. The van der Waals surface area contributed by atoms with E-state index in [2.05, 4.69) is 9.97 Å². The van der Waals surface area contributed by atoms with Gasteiger partial charge in [0.05, 0.1) is 23.4 Å². The van der Waals surface area contributed by atoms with Gasteiger partial charge in [-0.05, 0) is 38.5 Å². The van der Waals surface area contributed by atoms with Crippen LogP contribution in [-0.4, -0.2) is 33.6 Å². The smallest absolute Gasteiger partial charge is 0.259 e. The highest BCUT2D eigenvalue weighted by Crippen LogP contribution is 2.26. The Labute approximate surface area is 159 Å². The van der Waals surface area contributed by atoms with Crippen LogP contribution in [0.1, 0.15) is 27.8 Å². The molecule has 6 nitrogen and oxygen atoms in total. The molecule has 0 aliphatic carbocycles. The molecule has 0 aromatic carbocycles. The summed E-state index contributed by atoms with van der Waals surface area (Å²) >= 11 is 2.97. The molecule has 3 aromatic rings. The minimum Gasteiger partial charge on any atom is -0.464 e. The molecule has 1 amide bonds. The summed E-state index contributed by atoms with van der Waals surface area (Å²) in [5.41, 5.74) is 0.881. The van der Waals surface area contributed by atoms with Gasteiger partial charge in [0.2, 0.25) is 5.91 Å². The quantitative estimate of drug-likeness (QED) is 0.697. The van der Waals surface area contributed by atoms with E-state index in [0.29, 0.717) is 29.3 Å². The van der Waals surface area contributed by atoms with Crippen LogP contribution in [0.25, 0.3) is 10.2 Å². The first-order valence-electron chi connectivity index (χ1n) is 8.21. The molecular weight excluding hydrogens is 370 g/mol. The fraction of sp³-hybridized carbons (Fsp3) is 0.389. The summed E-state index contributed by atoms with van der Waals surface area (Å²) in [6, 6.07) is 3.76. The summed E-state index contributed by atoms with van der Waals surface area (Å²) in [5, 5.41) is 0.672. The normalized spacial score (nSPS) is 11.2. The Morgan fingerprint density at radius 1 is 1.35 bits per heavy atom. The van der Waals surface area contributed by atoms with Crippen molar-refractivity contribution in [3.8, 4) is 0 Å². The second kappa shape index (κ2) is 7.67. The average Bonchev–Trinajstić information content (AvgIpc) is 3.10. The molecular formula is C18H21N3O3S2. The van der Waals surface area contributed by atoms with Crippen LogP contribution in [0.15, 0.2) is 21.3 Å². The number of thiophene rings is 1. The number of furan rings is 1. The van der Waals surface area contributed by atoms with Gasteiger partial charge in [-0.25, -0.2) is 4.98 Å². The van der Waals surface area contributed by atoms with Crippen molar-refractivity contribution < 1.29 is 9.21 Å².